The van der Waals surface area contributed by atoms with E-state index in [0.29, 0.717) is 18.4 Å². The van der Waals surface area contributed by atoms with Crippen LogP contribution in [-0.2, 0) is 67.2 Å². The molecule has 0 bridgehead atoms. The first kappa shape index (κ1) is 80.8. The zero-order valence-electron chi connectivity index (χ0n) is 53.2. The van der Waals surface area contributed by atoms with E-state index < -0.39 is 126 Å². The number of carbonyl (C=O) groups excluding carboxylic acids is 9. The Bertz CT molecular complexity index is 2990. The van der Waals surface area contributed by atoms with Crippen LogP contribution in [0, 0.1) is 16.2 Å². The van der Waals surface area contributed by atoms with Crippen LogP contribution >= 0.6 is 25.3 Å². The van der Waals surface area contributed by atoms with E-state index in [1.807, 2.05) is 0 Å². The summed E-state index contributed by atoms with van der Waals surface area (Å²) in [5, 5.41) is 73.8. The molecule has 2 aromatic heterocycles. The lowest BCUT2D eigenvalue weighted by molar-refractivity contribution is -0.141. The predicted molar refractivity (Wildman–Crippen MR) is 360 cm³/mol. The second kappa shape index (κ2) is 44.2. The van der Waals surface area contributed by atoms with Crippen molar-refractivity contribution in [2.75, 3.05) is 44.2 Å². The molecule has 532 valence electrons. The van der Waals surface area contributed by atoms with Crippen molar-refractivity contribution in [3.05, 3.63) is 66.3 Å². The third-order valence-electron chi connectivity index (χ3n) is 14.6. The maximum Gasteiger partial charge on any atom is 0.327 e. The smallest absolute Gasteiger partial charge is 0.327 e. The van der Waals surface area contributed by atoms with E-state index in [9.17, 15) is 58.2 Å². The van der Waals surface area contributed by atoms with Gasteiger partial charge in [0.1, 0.15) is 60.1 Å². The Kier molecular flexibility index (Phi) is 37.2. The van der Waals surface area contributed by atoms with Gasteiger partial charge in [-0.05, 0) is 108 Å². The number of nitrogens with zero attached hydrogens (tertiary/aromatic N) is 2. The molecule has 3 rings (SSSR count). The van der Waals surface area contributed by atoms with Crippen molar-refractivity contribution in [2.45, 2.75) is 157 Å². The minimum absolute atomic E-state index is 0.0292. The number of aromatic nitrogens is 4. The molecule has 0 fully saturated rings. The molecule has 0 aliphatic carbocycles. The number of carbonyl (C=O) groups is 10. The zero-order chi connectivity index (χ0) is 71.1. The summed E-state index contributed by atoms with van der Waals surface area (Å²) in [6, 6.07) is -8.28. The molecule has 0 saturated heterocycles. The number of nitrogens with two attached hydrogens (primary N) is 6. The number of hydrogen-bond acceptors (Lipinski definition) is 21. The first-order chi connectivity index (χ1) is 45.8. The van der Waals surface area contributed by atoms with Crippen molar-refractivity contribution in [1.29, 1.82) is 16.2 Å². The number of amides is 9. The third kappa shape index (κ3) is 31.2. The van der Waals surface area contributed by atoms with Crippen LogP contribution in [0.1, 0.15) is 94.0 Å². The van der Waals surface area contributed by atoms with Gasteiger partial charge in [0.05, 0.1) is 30.1 Å². The lowest BCUT2D eigenvalue weighted by Crippen LogP contribution is -2.61. The lowest BCUT2D eigenvalue weighted by atomic mass is 10.0. The van der Waals surface area contributed by atoms with Gasteiger partial charge < -0.3 is 118 Å². The number of benzene rings is 1. The molecule has 3 aromatic rings. The highest BCUT2D eigenvalue weighted by molar-refractivity contribution is 7.80. The van der Waals surface area contributed by atoms with Gasteiger partial charge in [0, 0.05) is 62.8 Å². The van der Waals surface area contributed by atoms with Gasteiger partial charge in [0.15, 0.2) is 17.9 Å². The van der Waals surface area contributed by atoms with Crippen LogP contribution in [0.4, 0.5) is 0 Å². The topological polar surface area (TPSA) is 641 Å². The Morgan fingerprint density at radius 2 is 0.740 bits per heavy atom. The summed E-state index contributed by atoms with van der Waals surface area (Å²) in [6.45, 7) is 0.577. The number of imidazole rings is 2. The fraction of sp³-hybridized carbons (Fsp3) is 0.561. The quantitative estimate of drug-likeness (QED) is 0.0108. The minimum atomic E-state index is -1.55. The van der Waals surface area contributed by atoms with Crippen LogP contribution in [0.3, 0.4) is 0 Å². The van der Waals surface area contributed by atoms with Crippen molar-refractivity contribution >= 4 is 102 Å². The molecule has 2 heterocycles. The molecule has 31 N–H and O–H groups in total. The number of phenolic OH excluding ortho intramolecular Hbond substituents is 1. The maximum atomic E-state index is 14.8. The average molecular weight is 1390 g/mol. The molecule has 10 atom stereocenters. The summed E-state index contributed by atoms with van der Waals surface area (Å²) >= 11 is 8.12. The van der Waals surface area contributed by atoms with Crippen molar-refractivity contribution in [3.63, 3.8) is 0 Å². The van der Waals surface area contributed by atoms with Gasteiger partial charge in [0.25, 0.3) is 0 Å². The Balaban J connectivity index is 2.04. The summed E-state index contributed by atoms with van der Waals surface area (Å²) < 4.78 is 0. The van der Waals surface area contributed by atoms with E-state index in [1.54, 1.807) is 0 Å². The molecule has 0 unspecified atom stereocenters. The second-order valence-corrected chi connectivity index (χ2v) is 23.0. The molecule has 39 heteroatoms. The Morgan fingerprint density at radius 3 is 1.03 bits per heavy atom. The standard InChI is InChI=1S/C57H95N25O12S2/c58-17-3-1-8-36(74-46(85)38(10-5-19-69-55(61)62)76-51(90)41(79-45(84)35(60)27-95)22-31-13-15-34(83)16-14-31)48(87)80-42(23-32-25-67-29-72-32)52(91)77-39(11-6-20-70-56(63)64)47(86)75-37(9-2-4-18-59)49(88)81-43(24-33-26-68-30-73-33)53(92)78-40(12-7-21-71-57(65)66)50(89)82-44(28-96)54(93)94/h13-16,25-26,29-30,35-44,83,95-96H,1-12,17-24,27-28,58-60H2,(H,67,72)(H,68,73)(H,74,85)(H,75,86)(H,76,90)(H,77,91)(H,78,92)(H,79,84)(H,80,87)(H,81,88)(H,82,89)(H,93,94)(H4,61,62,69)(H4,63,64,70)(H4,65,66,71)/t35-,36-,37-,38-,39-,40-,41-,42-,43-,44-/m0/s1. The van der Waals surface area contributed by atoms with Crippen molar-refractivity contribution in [2.24, 2.45) is 34.4 Å². The number of aromatic amines is 2. The molecular formula is C57H95N25O12S2. The Labute approximate surface area is 565 Å². The number of unbranched alkanes of at least 4 members (excludes halogenated alkanes) is 2. The first-order valence-electron chi connectivity index (χ1n) is 31.1. The van der Waals surface area contributed by atoms with Crippen molar-refractivity contribution < 1.29 is 58.2 Å². The van der Waals surface area contributed by atoms with Gasteiger partial charge >= 0.3 is 5.97 Å². The fourth-order valence-electron chi connectivity index (χ4n) is 9.36. The van der Waals surface area contributed by atoms with Crippen LogP contribution in [0.2, 0.25) is 0 Å². The first-order valence-corrected chi connectivity index (χ1v) is 32.4. The number of carboxylic acid groups (broad SMARTS) is 1. The Morgan fingerprint density at radius 1 is 0.438 bits per heavy atom. The van der Waals surface area contributed by atoms with Gasteiger partial charge in [0.2, 0.25) is 53.2 Å². The number of nitrogens with one attached hydrogen (secondary N) is 17. The van der Waals surface area contributed by atoms with E-state index in [2.05, 4.69) is 109 Å². The van der Waals surface area contributed by atoms with Gasteiger partial charge in [-0.15, -0.1) is 0 Å². The molecule has 0 spiro atoms. The predicted octanol–water partition coefficient (Wildman–Crippen LogP) is -6.45. The lowest BCUT2D eigenvalue weighted by Gasteiger charge is -2.28. The van der Waals surface area contributed by atoms with E-state index in [0.717, 1.165) is 0 Å². The number of aromatic hydroxyl groups is 1. The van der Waals surface area contributed by atoms with Crippen LogP contribution in [0.25, 0.3) is 0 Å². The summed E-state index contributed by atoms with van der Waals surface area (Å²) in [5.41, 5.74) is 35.2. The number of rotatable bonds is 47. The van der Waals surface area contributed by atoms with Crippen molar-refractivity contribution in [3.8, 4) is 5.75 Å². The number of guanidine groups is 3. The van der Waals surface area contributed by atoms with E-state index in [4.69, 9.17) is 50.6 Å². The molecule has 96 heavy (non-hydrogen) atoms. The summed E-state index contributed by atoms with van der Waals surface area (Å²) in [4.78, 5) is 155. The second-order valence-electron chi connectivity index (χ2n) is 22.3. The molecule has 9 amide bonds. The summed E-state index contributed by atoms with van der Waals surface area (Å²) in [7, 11) is 0. The molecule has 0 radical (unpaired) electrons. The molecule has 1 aromatic carbocycles. The SMILES string of the molecule is N=C(N)NCCC[C@H](NC(=O)[C@H](Cc1c[nH]cn1)NC(=O)[C@H](CCCCN)NC(=O)[C@H](CCCNC(=N)N)NC(=O)[C@H](Cc1c[nH]cn1)NC(=O)[C@H](CCCCN)NC(=O)[C@H](CCCNC(=N)N)NC(=O)[C@H](Cc1ccc(O)cc1)NC(=O)[C@@H](N)CS)C(=O)N[C@@H](CS)C(=O)O. The highest BCUT2D eigenvalue weighted by atomic mass is 32.1. The van der Waals surface area contributed by atoms with E-state index in [1.165, 1.54) is 49.3 Å². The maximum absolute atomic E-state index is 14.8. The van der Waals surface area contributed by atoms with Gasteiger partial charge in [-0.1, -0.05) is 12.1 Å². The number of thiol groups is 2. The van der Waals surface area contributed by atoms with Gasteiger partial charge in [-0.2, -0.15) is 25.3 Å². The molecule has 0 aliphatic rings. The molecular weight excluding hydrogens is 1290 g/mol. The molecule has 37 nitrogen and oxygen atoms in total. The van der Waals surface area contributed by atoms with Gasteiger partial charge in [-0.3, -0.25) is 59.4 Å². The number of aliphatic carboxylic acids is 1. The molecule has 0 aliphatic heterocycles. The minimum Gasteiger partial charge on any atom is -0.508 e. The largest absolute Gasteiger partial charge is 0.508 e. The average Bonchev–Trinajstić information content (AvgIpc) is 1.42. The van der Waals surface area contributed by atoms with Crippen LogP contribution in [0.15, 0.2) is 49.3 Å². The number of hydrogen-bond donors (Lipinski definition) is 27. The van der Waals surface area contributed by atoms with Gasteiger partial charge in [-0.25, -0.2) is 14.8 Å². The molecule has 0 saturated carbocycles. The normalized spacial score (nSPS) is 14.1. The Hall–Kier alpha value is -9.47. The summed E-state index contributed by atoms with van der Waals surface area (Å²) in [6.07, 6.45) is 6.02. The van der Waals surface area contributed by atoms with Crippen molar-refractivity contribution in [1.82, 2.24) is 83.7 Å². The number of phenols is 1. The van der Waals surface area contributed by atoms with E-state index in [-0.39, 0.29) is 157 Å². The third-order valence-corrected chi connectivity index (χ3v) is 15.3. The monoisotopic (exact) mass is 1390 g/mol. The van der Waals surface area contributed by atoms with Crippen LogP contribution < -0.4 is 98.2 Å². The van der Waals surface area contributed by atoms with Crippen LogP contribution in [0.5, 0.6) is 5.75 Å². The summed E-state index contributed by atoms with van der Waals surface area (Å²) in [5.74, 6) is -10.9. The van der Waals surface area contributed by atoms with Crippen LogP contribution in [-0.4, -0.2) is 212 Å². The fourth-order valence-corrected chi connectivity index (χ4v) is 9.78. The highest BCUT2D eigenvalue weighted by Crippen LogP contribution is 2.15. The highest BCUT2D eigenvalue weighted by Gasteiger charge is 2.36. The zero-order valence-corrected chi connectivity index (χ0v) is 55.0. The number of carboxylic acids is 1. The van der Waals surface area contributed by atoms with E-state index >= 15 is 0 Å². The number of H-pyrrole nitrogens is 2.